The molecule has 0 saturated heterocycles. The van der Waals surface area contributed by atoms with Crippen molar-refractivity contribution < 1.29 is 13.9 Å². The number of esters is 1. The van der Waals surface area contributed by atoms with Crippen LogP contribution in [0.2, 0.25) is 0 Å². The SMILES string of the molecule is CCOC(=O)c1cnc(NCc2cc(C3CC3)n(C(C)(C)C)n2)o1. The van der Waals surface area contributed by atoms with Gasteiger partial charge in [-0.3, -0.25) is 4.68 Å². The summed E-state index contributed by atoms with van der Waals surface area (Å²) in [4.78, 5) is 15.6. The molecule has 1 aliphatic rings. The van der Waals surface area contributed by atoms with E-state index in [0.717, 1.165) is 5.69 Å². The van der Waals surface area contributed by atoms with Crippen molar-refractivity contribution >= 4 is 12.0 Å². The van der Waals surface area contributed by atoms with Crippen LogP contribution in [0.25, 0.3) is 0 Å². The molecule has 0 bridgehead atoms. The van der Waals surface area contributed by atoms with Gasteiger partial charge >= 0.3 is 5.97 Å². The Bertz CT molecular complexity index is 723. The normalized spacial score (nSPS) is 14.7. The monoisotopic (exact) mass is 332 g/mol. The Balaban J connectivity index is 1.68. The van der Waals surface area contributed by atoms with E-state index in [-0.39, 0.29) is 17.3 Å². The van der Waals surface area contributed by atoms with E-state index in [4.69, 9.17) is 14.3 Å². The summed E-state index contributed by atoms with van der Waals surface area (Å²) in [7, 11) is 0. The molecule has 3 rings (SSSR count). The number of rotatable bonds is 6. The molecule has 130 valence electrons. The maximum Gasteiger partial charge on any atom is 0.376 e. The Hall–Kier alpha value is -2.31. The Morgan fingerprint density at radius 1 is 1.46 bits per heavy atom. The van der Waals surface area contributed by atoms with Gasteiger partial charge < -0.3 is 14.5 Å². The van der Waals surface area contributed by atoms with E-state index in [0.29, 0.717) is 19.1 Å². The number of aromatic nitrogens is 3. The second-order valence-corrected chi connectivity index (χ2v) is 7.02. The fourth-order valence-corrected chi connectivity index (χ4v) is 2.56. The van der Waals surface area contributed by atoms with Gasteiger partial charge in [-0.2, -0.15) is 5.10 Å². The van der Waals surface area contributed by atoms with Crippen LogP contribution in [0.1, 0.15) is 68.4 Å². The van der Waals surface area contributed by atoms with Crippen molar-refractivity contribution in [2.24, 2.45) is 0 Å². The minimum Gasteiger partial charge on any atom is -0.460 e. The Morgan fingerprint density at radius 3 is 2.83 bits per heavy atom. The molecule has 0 aromatic carbocycles. The van der Waals surface area contributed by atoms with Gasteiger partial charge in [0.2, 0.25) is 5.76 Å². The zero-order valence-corrected chi connectivity index (χ0v) is 14.6. The molecule has 7 nitrogen and oxygen atoms in total. The number of nitrogens with zero attached hydrogens (tertiary/aromatic N) is 3. The predicted octanol–water partition coefficient (Wildman–Crippen LogP) is 3.29. The van der Waals surface area contributed by atoms with Crippen LogP contribution < -0.4 is 5.32 Å². The zero-order chi connectivity index (χ0) is 17.3. The molecule has 1 aliphatic carbocycles. The number of nitrogens with one attached hydrogen (secondary N) is 1. The van der Waals surface area contributed by atoms with Gasteiger partial charge in [-0.25, -0.2) is 9.78 Å². The maximum absolute atomic E-state index is 11.6. The molecule has 1 N–H and O–H groups in total. The number of ether oxygens (including phenoxy) is 1. The molecule has 0 spiro atoms. The second kappa shape index (κ2) is 6.30. The first-order valence-electron chi connectivity index (χ1n) is 8.34. The topological polar surface area (TPSA) is 82.2 Å². The first-order valence-corrected chi connectivity index (χ1v) is 8.34. The van der Waals surface area contributed by atoms with Crippen molar-refractivity contribution in [2.45, 2.75) is 58.5 Å². The molecule has 2 aromatic heterocycles. The maximum atomic E-state index is 11.6. The molecule has 0 atom stereocenters. The van der Waals surface area contributed by atoms with Crippen LogP contribution in [-0.2, 0) is 16.8 Å². The average Bonchev–Trinajstić information content (AvgIpc) is 3.09. The smallest absolute Gasteiger partial charge is 0.376 e. The minimum atomic E-state index is -0.508. The standard InChI is InChI=1S/C17H24N4O3/c1-5-23-15(22)14-10-19-16(24-14)18-9-12-8-13(11-6-7-11)21(20-12)17(2,3)4/h8,10-11H,5-7,9H2,1-4H3,(H,18,19). The molecular formula is C17H24N4O3. The summed E-state index contributed by atoms with van der Waals surface area (Å²) in [5.41, 5.74) is 2.18. The molecule has 0 aliphatic heterocycles. The summed E-state index contributed by atoms with van der Waals surface area (Å²) >= 11 is 0. The zero-order valence-electron chi connectivity index (χ0n) is 14.6. The van der Waals surface area contributed by atoms with Crippen molar-refractivity contribution in [2.75, 3.05) is 11.9 Å². The minimum absolute atomic E-state index is 0.0455. The van der Waals surface area contributed by atoms with Crippen molar-refractivity contribution in [1.82, 2.24) is 14.8 Å². The quantitative estimate of drug-likeness (QED) is 0.817. The summed E-state index contributed by atoms with van der Waals surface area (Å²) in [5.74, 6) is 0.215. The van der Waals surface area contributed by atoms with E-state index in [2.05, 4.69) is 41.8 Å². The number of hydrogen-bond acceptors (Lipinski definition) is 6. The molecule has 0 amide bonds. The lowest BCUT2D eigenvalue weighted by Gasteiger charge is -2.22. The van der Waals surface area contributed by atoms with Gasteiger partial charge in [0.15, 0.2) is 0 Å². The van der Waals surface area contributed by atoms with Crippen molar-refractivity contribution in [3.63, 3.8) is 0 Å². The average molecular weight is 332 g/mol. The van der Waals surface area contributed by atoms with Crippen LogP contribution in [0.15, 0.2) is 16.7 Å². The van der Waals surface area contributed by atoms with Gasteiger partial charge in [0.25, 0.3) is 6.01 Å². The Kier molecular flexibility index (Phi) is 4.34. The van der Waals surface area contributed by atoms with Gasteiger partial charge in [-0.1, -0.05) is 0 Å². The van der Waals surface area contributed by atoms with Crippen LogP contribution in [0.3, 0.4) is 0 Å². The summed E-state index contributed by atoms with van der Waals surface area (Å²) in [6.45, 7) is 9.01. The summed E-state index contributed by atoms with van der Waals surface area (Å²) in [5, 5.41) is 7.79. The summed E-state index contributed by atoms with van der Waals surface area (Å²) < 4.78 is 12.3. The highest BCUT2D eigenvalue weighted by molar-refractivity contribution is 5.86. The van der Waals surface area contributed by atoms with Crippen LogP contribution >= 0.6 is 0 Å². The van der Waals surface area contributed by atoms with Crippen molar-refractivity contribution in [1.29, 1.82) is 0 Å². The molecule has 1 saturated carbocycles. The highest BCUT2D eigenvalue weighted by atomic mass is 16.5. The van der Waals surface area contributed by atoms with Gasteiger partial charge in [0.1, 0.15) is 0 Å². The number of anilines is 1. The third-order valence-electron chi connectivity index (χ3n) is 3.82. The lowest BCUT2D eigenvalue weighted by Crippen LogP contribution is -2.25. The number of oxazole rings is 1. The molecule has 0 unspecified atom stereocenters. The lowest BCUT2D eigenvalue weighted by molar-refractivity contribution is 0.0491. The predicted molar refractivity (Wildman–Crippen MR) is 89.0 cm³/mol. The fourth-order valence-electron chi connectivity index (χ4n) is 2.56. The van der Waals surface area contributed by atoms with Crippen molar-refractivity contribution in [3.8, 4) is 0 Å². The van der Waals surface area contributed by atoms with Crippen LogP contribution in [0.5, 0.6) is 0 Å². The lowest BCUT2D eigenvalue weighted by atomic mass is 10.1. The van der Waals surface area contributed by atoms with Crippen LogP contribution in [0, 0.1) is 0 Å². The van der Waals surface area contributed by atoms with E-state index in [1.807, 2.05) is 0 Å². The highest BCUT2D eigenvalue weighted by Gasteiger charge is 2.31. The third kappa shape index (κ3) is 3.60. The molecule has 0 radical (unpaired) electrons. The van der Waals surface area contributed by atoms with E-state index in [1.54, 1.807) is 6.92 Å². The second-order valence-electron chi connectivity index (χ2n) is 7.02. The van der Waals surface area contributed by atoms with Crippen LogP contribution in [0.4, 0.5) is 6.01 Å². The summed E-state index contributed by atoms with van der Waals surface area (Å²) in [6.07, 6.45) is 3.83. The molecule has 2 heterocycles. The molecular weight excluding hydrogens is 308 g/mol. The van der Waals surface area contributed by atoms with Gasteiger partial charge in [0.05, 0.1) is 30.6 Å². The largest absolute Gasteiger partial charge is 0.460 e. The van der Waals surface area contributed by atoms with Gasteiger partial charge in [-0.15, -0.1) is 0 Å². The number of carbonyl (C=O) groups is 1. The van der Waals surface area contributed by atoms with E-state index < -0.39 is 5.97 Å². The molecule has 7 heteroatoms. The van der Waals surface area contributed by atoms with Gasteiger partial charge in [-0.05, 0) is 46.6 Å². The number of hydrogen-bond donors (Lipinski definition) is 1. The fraction of sp³-hybridized carbons (Fsp3) is 0.588. The van der Waals surface area contributed by atoms with E-state index in [1.165, 1.54) is 24.7 Å². The first kappa shape index (κ1) is 16.5. The third-order valence-corrected chi connectivity index (χ3v) is 3.82. The Labute approximate surface area is 141 Å². The first-order chi connectivity index (χ1) is 11.4. The van der Waals surface area contributed by atoms with E-state index in [9.17, 15) is 4.79 Å². The number of carbonyl (C=O) groups excluding carboxylic acids is 1. The van der Waals surface area contributed by atoms with Crippen molar-refractivity contribution in [3.05, 3.63) is 29.4 Å². The van der Waals surface area contributed by atoms with E-state index >= 15 is 0 Å². The summed E-state index contributed by atoms with van der Waals surface area (Å²) in [6, 6.07) is 2.43. The van der Waals surface area contributed by atoms with Gasteiger partial charge in [0, 0.05) is 11.6 Å². The molecule has 2 aromatic rings. The van der Waals surface area contributed by atoms with Crippen LogP contribution in [-0.4, -0.2) is 27.3 Å². The Morgan fingerprint density at radius 2 is 2.21 bits per heavy atom. The molecule has 24 heavy (non-hydrogen) atoms. The highest BCUT2D eigenvalue weighted by Crippen LogP contribution is 2.41. The molecule has 1 fully saturated rings.